The zero-order chi connectivity index (χ0) is 13.3. The van der Waals surface area contributed by atoms with Gasteiger partial charge in [-0.15, -0.1) is 0 Å². The molecule has 2 atom stereocenters. The van der Waals surface area contributed by atoms with E-state index in [4.69, 9.17) is 0 Å². The lowest BCUT2D eigenvalue weighted by Crippen LogP contribution is -2.35. The first kappa shape index (κ1) is 13.5. The van der Waals surface area contributed by atoms with Crippen molar-refractivity contribution < 1.29 is 0 Å². The number of nitrogens with one attached hydrogen (secondary N) is 1. The molecule has 0 amide bonds. The zero-order valence-electron chi connectivity index (χ0n) is 12.1. The maximum Gasteiger partial charge on any atom is 0.0464 e. The maximum atomic E-state index is 3.56. The minimum Gasteiger partial charge on any atom is -0.312 e. The van der Waals surface area contributed by atoms with E-state index in [-0.39, 0.29) is 0 Å². The zero-order valence-corrected chi connectivity index (χ0v) is 12.9. The molecule has 2 aliphatic rings. The number of rotatable bonds is 4. The Hall–Kier alpha value is -0.470. The molecule has 2 fully saturated rings. The second-order valence-corrected chi connectivity index (χ2v) is 7.91. The molecule has 1 saturated heterocycles. The molecule has 1 aromatic rings. The molecule has 2 unspecified atom stereocenters. The van der Waals surface area contributed by atoms with Crippen LogP contribution in [0.4, 0.5) is 0 Å². The summed E-state index contributed by atoms with van der Waals surface area (Å²) < 4.78 is 0.368. The van der Waals surface area contributed by atoms with Crippen molar-refractivity contribution in [2.75, 3.05) is 12.8 Å². The molecule has 0 spiro atoms. The van der Waals surface area contributed by atoms with Gasteiger partial charge in [0.05, 0.1) is 0 Å². The van der Waals surface area contributed by atoms with Crippen LogP contribution in [0.25, 0.3) is 0 Å². The number of benzene rings is 1. The molecule has 0 bridgehead atoms. The lowest BCUT2D eigenvalue weighted by atomic mass is 9.79. The van der Waals surface area contributed by atoms with Crippen molar-refractivity contribution in [3.05, 3.63) is 35.4 Å². The minimum absolute atomic E-state index is 0.368. The fraction of sp³-hybridized carbons (Fsp3) is 0.647. The molecule has 1 aliphatic carbocycles. The van der Waals surface area contributed by atoms with Crippen LogP contribution in [0, 0.1) is 0 Å². The summed E-state index contributed by atoms with van der Waals surface area (Å²) in [6, 6.07) is 9.94. The van der Waals surface area contributed by atoms with E-state index in [1.165, 1.54) is 43.4 Å². The Labute approximate surface area is 121 Å². The van der Waals surface area contributed by atoms with Crippen LogP contribution < -0.4 is 5.32 Å². The normalized spacial score (nSPS) is 29.2. The van der Waals surface area contributed by atoms with Gasteiger partial charge in [-0.25, -0.2) is 0 Å². The summed E-state index contributed by atoms with van der Waals surface area (Å²) in [6.07, 6.45) is 6.89. The molecule has 3 rings (SSSR count). The van der Waals surface area contributed by atoms with E-state index in [1.54, 1.807) is 5.56 Å². The van der Waals surface area contributed by atoms with Crippen molar-refractivity contribution in [1.29, 1.82) is 0 Å². The first-order valence-electron chi connectivity index (χ1n) is 7.64. The lowest BCUT2D eigenvalue weighted by Gasteiger charge is -2.34. The molecule has 0 radical (unpaired) electrons. The summed E-state index contributed by atoms with van der Waals surface area (Å²) in [5.74, 6) is 2.16. The van der Waals surface area contributed by atoms with Crippen LogP contribution in [0.5, 0.6) is 0 Å². The van der Waals surface area contributed by atoms with Crippen LogP contribution in [0.15, 0.2) is 24.3 Å². The Balaban J connectivity index is 1.79. The molecule has 2 heteroatoms. The predicted molar refractivity (Wildman–Crippen MR) is 84.9 cm³/mol. The van der Waals surface area contributed by atoms with Gasteiger partial charge in [-0.05, 0) is 62.5 Å². The number of hydrogen-bond acceptors (Lipinski definition) is 2. The molecule has 1 aromatic carbocycles. The highest BCUT2D eigenvalue weighted by Gasteiger charge is 2.37. The maximum absolute atomic E-state index is 3.56. The van der Waals surface area contributed by atoms with Gasteiger partial charge in [-0.1, -0.05) is 30.7 Å². The molecular weight excluding hydrogens is 250 g/mol. The second-order valence-electron chi connectivity index (χ2n) is 6.28. The molecule has 1 aliphatic heterocycles. The molecule has 104 valence electrons. The Morgan fingerprint density at radius 2 is 1.95 bits per heavy atom. The van der Waals surface area contributed by atoms with E-state index in [2.05, 4.69) is 55.3 Å². The van der Waals surface area contributed by atoms with E-state index in [9.17, 15) is 0 Å². The van der Waals surface area contributed by atoms with Crippen LogP contribution in [0.1, 0.15) is 62.1 Å². The molecule has 1 heterocycles. The van der Waals surface area contributed by atoms with Gasteiger partial charge in [0.15, 0.2) is 0 Å². The van der Waals surface area contributed by atoms with Crippen LogP contribution >= 0.6 is 11.8 Å². The number of hydrogen-bond donors (Lipinski definition) is 1. The Morgan fingerprint density at radius 3 is 2.42 bits per heavy atom. The van der Waals surface area contributed by atoms with Crippen molar-refractivity contribution in [2.24, 2.45) is 0 Å². The topological polar surface area (TPSA) is 12.0 Å². The minimum atomic E-state index is 0.368. The van der Waals surface area contributed by atoms with E-state index in [1.807, 2.05) is 0 Å². The fourth-order valence-electron chi connectivity index (χ4n) is 3.56. The van der Waals surface area contributed by atoms with Gasteiger partial charge in [0, 0.05) is 10.8 Å². The van der Waals surface area contributed by atoms with Gasteiger partial charge in [0.25, 0.3) is 0 Å². The van der Waals surface area contributed by atoms with Gasteiger partial charge < -0.3 is 5.32 Å². The van der Waals surface area contributed by atoms with Crippen LogP contribution in [0.2, 0.25) is 0 Å². The third-order valence-corrected chi connectivity index (χ3v) is 6.59. The molecule has 1 nitrogen and oxygen atoms in total. The highest BCUT2D eigenvalue weighted by atomic mass is 32.2. The van der Waals surface area contributed by atoms with Crippen molar-refractivity contribution in [1.82, 2.24) is 5.32 Å². The first-order valence-corrected chi connectivity index (χ1v) is 8.62. The van der Waals surface area contributed by atoms with Gasteiger partial charge in [0.1, 0.15) is 0 Å². The third kappa shape index (κ3) is 2.57. The van der Waals surface area contributed by atoms with Crippen LogP contribution in [-0.4, -0.2) is 17.5 Å². The van der Waals surface area contributed by atoms with E-state index in [0.717, 1.165) is 5.92 Å². The summed E-state index contributed by atoms with van der Waals surface area (Å²) in [4.78, 5) is 0. The average molecular weight is 275 g/mol. The SMILES string of the molecule is CNC(c1ccc(C2CCC2)cc1)C1(C)CCCS1. The molecule has 19 heavy (non-hydrogen) atoms. The van der Waals surface area contributed by atoms with Gasteiger partial charge in [0.2, 0.25) is 0 Å². The van der Waals surface area contributed by atoms with Crippen molar-refractivity contribution in [3.63, 3.8) is 0 Å². The largest absolute Gasteiger partial charge is 0.312 e. The summed E-state index contributed by atoms with van der Waals surface area (Å²) in [6.45, 7) is 2.42. The highest BCUT2D eigenvalue weighted by Crippen LogP contribution is 2.46. The highest BCUT2D eigenvalue weighted by molar-refractivity contribution is 8.00. The average Bonchev–Trinajstić information content (AvgIpc) is 2.78. The monoisotopic (exact) mass is 275 g/mol. The third-order valence-electron chi connectivity index (χ3n) is 5.00. The van der Waals surface area contributed by atoms with Crippen molar-refractivity contribution in [2.45, 2.75) is 55.7 Å². The van der Waals surface area contributed by atoms with Gasteiger partial charge >= 0.3 is 0 Å². The van der Waals surface area contributed by atoms with Crippen molar-refractivity contribution >= 4 is 11.8 Å². The molecule has 1 N–H and O–H groups in total. The van der Waals surface area contributed by atoms with Crippen LogP contribution in [-0.2, 0) is 0 Å². The van der Waals surface area contributed by atoms with Gasteiger partial charge in [-0.2, -0.15) is 11.8 Å². The smallest absolute Gasteiger partial charge is 0.0464 e. The van der Waals surface area contributed by atoms with E-state index < -0.39 is 0 Å². The standard InChI is InChI=1S/C17H25NS/c1-17(11-4-12-19-17)16(18-2)15-9-7-14(8-10-15)13-5-3-6-13/h7-10,13,16,18H,3-6,11-12H2,1-2H3. The molecular formula is C17H25NS. The Morgan fingerprint density at radius 1 is 1.21 bits per heavy atom. The number of thioether (sulfide) groups is 1. The summed E-state index contributed by atoms with van der Waals surface area (Å²) >= 11 is 2.14. The lowest BCUT2D eigenvalue weighted by molar-refractivity contribution is 0.418. The van der Waals surface area contributed by atoms with E-state index >= 15 is 0 Å². The van der Waals surface area contributed by atoms with Crippen molar-refractivity contribution in [3.8, 4) is 0 Å². The summed E-state index contributed by atoms with van der Waals surface area (Å²) in [7, 11) is 2.11. The second kappa shape index (κ2) is 5.49. The van der Waals surface area contributed by atoms with E-state index in [0.29, 0.717) is 10.8 Å². The molecule has 0 aromatic heterocycles. The fourth-order valence-corrected chi connectivity index (χ4v) is 5.02. The predicted octanol–water partition coefficient (Wildman–Crippen LogP) is 4.50. The first-order chi connectivity index (χ1) is 9.23. The Bertz CT molecular complexity index is 415. The quantitative estimate of drug-likeness (QED) is 0.868. The summed E-state index contributed by atoms with van der Waals surface area (Å²) in [5.41, 5.74) is 3.01. The molecule has 1 saturated carbocycles. The summed E-state index contributed by atoms with van der Waals surface area (Å²) in [5, 5.41) is 3.56. The Kier molecular flexibility index (Phi) is 3.91. The van der Waals surface area contributed by atoms with Gasteiger partial charge in [-0.3, -0.25) is 0 Å². The van der Waals surface area contributed by atoms with Crippen LogP contribution in [0.3, 0.4) is 0 Å².